The third-order valence-corrected chi connectivity index (χ3v) is 4.89. The van der Waals surface area contributed by atoms with E-state index in [4.69, 9.17) is 0 Å². The van der Waals surface area contributed by atoms with Crippen LogP contribution in [0.25, 0.3) is 0 Å². The molecule has 0 bridgehead atoms. The van der Waals surface area contributed by atoms with E-state index in [1.165, 1.54) is 17.7 Å². The highest BCUT2D eigenvalue weighted by atomic mass is 16.6. The van der Waals surface area contributed by atoms with Crippen LogP contribution in [0.1, 0.15) is 22.3 Å². The largest absolute Gasteiger partial charge is 0.301 e. The summed E-state index contributed by atoms with van der Waals surface area (Å²) < 4.78 is 0. The lowest BCUT2D eigenvalue weighted by Gasteiger charge is -2.09. The number of nitrogens with zero attached hydrogens (tertiary/aromatic N) is 3. The molecule has 0 aliphatic heterocycles. The predicted octanol–water partition coefficient (Wildman–Crippen LogP) is 4.47. The first-order valence-electron chi connectivity index (χ1n) is 8.93. The number of rotatable bonds is 4. The number of fused-ring (bicyclic) bond motifs is 2. The first-order valence-corrected chi connectivity index (χ1v) is 8.93. The highest BCUT2D eigenvalue weighted by Gasteiger charge is 2.21. The number of hydrazone groups is 1. The van der Waals surface area contributed by atoms with Crippen molar-refractivity contribution in [3.63, 3.8) is 0 Å². The van der Waals surface area contributed by atoms with E-state index < -0.39 is 15.5 Å². The van der Waals surface area contributed by atoms with Gasteiger partial charge in [-0.25, -0.2) is 0 Å². The van der Waals surface area contributed by atoms with E-state index in [1.54, 1.807) is 0 Å². The molecule has 1 N–H and O–H groups in total. The standard InChI is InChI=1S/C21H16N4O4/c26-24(27)17-9-10-19(21(13-17)25(28)29)22-23-20-12-15-6-2-1-5-14(15)11-16-7-3-4-8-18(16)20/h1-10,13,22H,11-12H2. The van der Waals surface area contributed by atoms with E-state index >= 15 is 0 Å². The Kier molecular flexibility index (Phi) is 4.74. The van der Waals surface area contributed by atoms with Gasteiger partial charge in [-0.2, -0.15) is 5.10 Å². The molecule has 144 valence electrons. The molecule has 0 amide bonds. The number of hydrogen-bond donors (Lipinski definition) is 1. The van der Waals surface area contributed by atoms with Gasteiger partial charge in [-0.3, -0.25) is 25.7 Å². The van der Waals surface area contributed by atoms with Crippen LogP contribution in [0.3, 0.4) is 0 Å². The number of anilines is 1. The minimum Gasteiger partial charge on any atom is -0.271 e. The molecule has 3 aromatic rings. The molecule has 0 unspecified atom stereocenters. The van der Waals surface area contributed by atoms with Crippen molar-refractivity contribution in [3.8, 4) is 0 Å². The van der Waals surface area contributed by atoms with Gasteiger partial charge in [0.25, 0.3) is 5.69 Å². The lowest BCUT2D eigenvalue weighted by atomic mass is 10.0. The maximum Gasteiger partial charge on any atom is 0.301 e. The normalized spacial score (nSPS) is 13.9. The van der Waals surface area contributed by atoms with E-state index in [0.29, 0.717) is 6.42 Å². The fourth-order valence-corrected chi connectivity index (χ4v) is 3.45. The molecule has 0 saturated heterocycles. The van der Waals surface area contributed by atoms with E-state index in [-0.39, 0.29) is 11.4 Å². The van der Waals surface area contributed by atoms with Crippen LogP contribution in [-0.2, 0) is 12.8 Å². The van der Waals surface area contributed by atoms with Crippen LogP contribution in [0.4, 0.5) is 17.1 Å². The monoisotopic (exact) mass is 388 g/mol. The third kappa shape index (κ3) is 3.68. The molecular formula is C21H16N4O4. The summed E-state index contributed by atoms with van der Waals surface area (Å²) in [5.74, 6) is 0. The Balaban J connectivity index is 1.75. The number of nitro benzene ring substituents is 2. The predicted molar refractivity (Wildman–Crippen MR) is 109 cm³/mol. The molecule has 0 aromatic heterocycles. The van der Waals surface area contributed by atoms with Gasteiger partial charge in [0.2, 0.25) is 0 Å². The van der Waals surface area contributed by atoms with Crippen LogP contribution < -0.4 is 5.43 Å². The number of benzene rings is 3. The summed E-state index contributed by atoms with van der Waals surface area (Å²) in [6, 6.07) is 19.5. The molecule has 3 aromatic carbocycles. The van der Waals surface area contributed by atoms with Crippen LogP contribution in [0, 0.1) is 20.2 Å². The zero-order valence-corrected chi connectivity index (χ0v) is 15.2. The highest BCUT2D eigenvalue weighted by Crippen LogP contribution is 2.30. The van der Waals surface area contributed by atoms with Gasteiger partial charge in [0, 0.05) is 18.1 Å². The van der Waals surface area contributed by atoms with Crippen molar-refractivity contribution < 1.29 is 9.85 Å². The van der Waals surface area contributed by atoms with Gasteiger partial charge in [0.05, 0.1) is 21.6 Å². The zero-order valence-electron chi connectivity index (χ0n) is 15.2. The minimum absolute atomic E-state index is 0.100. The summed E-state index contributed by atoms with van der Waals surface area (Å²) in [5, 5.41) is 26.7. The summed E-state index contributed by atoms with van der Waals surface area (Å²) in [7, 11) is 0. The second kappa shape index (κ2) is 7.51. The van der Waals surface area contributed by atoms with E-state index in [1.807, 2.05) is 42.5 Å². The number of nitro groups is 2. The maximum atomic E-state index is 11.4. The Bertz CT molecular complexity index is 1160. The lowest BCUT2D eigenvalue weighted by Crippen LogP contribution is -2.09. The summed E-state index contributed by atoms with van der Waals surface area (Å²) in [5.41, 5.74) is 7.31. The topological polar surface area (TPSA) is 111 Å². The Hall–Kier alpha value is -4.07. The summed E-state index contributed by atoms with van der Waals surface area (Å²) in [4.78, 5) is 21.0. The van der Waals surface area contributed by atoms with Crippen molar-refractivity contribution in [2.24, 2.45) is 5.10 Å². The van der Waals surface area contributed by atoms with E-state index in [9.17, 15) is 20.2 Å². The Labute approximate surface area is 165 Å². The molecule has 0 saturated carbocycles. The van der Waals surface area contributed by atoms with Gasteiger partial charge in [-0.1, -0.05) is 48.5 Å². The molecule has 0 heterocycles. The van der Waals surface area contributed by atoms with Crippen LogP contribution in [0.5, 0.6) is 0 Å². The van der Waals surface area contributed by atoms with Gasteiger partial charge >= 0.3 is 5.69 Å². The SMILES string of the molecule is O=[N+]([O-])c1ccc(NN=C2Cc3ccccc3Cc3ccccc32)c([N+](=O)[O-])c1. The Morgan fingerprint density at radius 2 is 1.45 bits per heavy atom. The fourth-order valence-electron chi connectivity index (χ4n) is 3.45. The van der Waals surface area contributed by atoms with Crippen molar-refractivity contribution in [2.75, 3.05) is 5.43 Å². The summed E-state index contributed by atoms with van der Waals surface area (Å²) in [6.07, 6.45) is 1.35. The molecule has 29 heavy (non-hydrogen) atoms. The number of nitrogens with one attached hydrogen (secondary N) is 1. The molecule has 4 rings (SSSR count). The zero-order chi connectivity index (χ0) is 20.4. The molecule has 8 nitrogen and oxygen atoms in total. The van der Waals surface area contributed by atoms with Crippen LogP contribution in [0.15, 0.2) is 71.8 Å². The fraction of sp³-hybridized carbons (Fsp3) is 0.0952. The Morgan fingerprint density at radius 1 is 0.793 bits per heavy atom. The third-order valence-electron chi connectivity index (χ3n) is 4.89. The van der Waals surface area contributed by atoms with Crippen LogP contribution >= 0.6 is 0 Å². The molecule has 0 atom stereocenters. The second-order valence-electron chi connectivity index (χ2n) is 6.67. The van der Waals surface area contributed by atoms with Crippen molar-refractivity contribution in [1.82, 2.24) is 0 Å². The second-order valence-corrected chi connectivity index (χ2v) is 6.67. The molecule has 1 aliphatic carbocycles. The first kappa shape index (κ1) is 18.3. The first-order chi connectivity index (χ1) is 14.0. The van der Waals surface area contributed by atoms with Crippen molar-refractivity contribution >= 4 is 22.8 Å². The molecule has 0 fully saturated rings. The maximum absolute atomic E-state index is 11.4. The van der Waals surface area contributed by atoms with E-state index in [0.717, 1.165) is 34.9 Å². The van der Waals surface area contributed by atoms with Crippen molar-refractivity contribution in [1.29, 1.82) is 0 Å². The van der Waals surface area contributed by atoms with E-state index in [2.05, 4.69) is 16.6 Å². The van der Waals surface area contributed by atoms with Crippen LogP contribution in [-0.4, -0.2) is 15.6 Å². The quantitative estimate of drug-likeness (QED) is 0.524. The average molecular weight is 388 g/mol. The molecule has 0 radical (unpaired) electrons. The molecule has 8 heteroatoms. The van der Waals surface area contributed by atoms with Gasteiger partial charge in [-0.05, 0) is 29.2 Å². The van der Waals surface area contributed by atoms with Gasteiger partial charge in [0.1, 0.15) is 5.69 Å². The molecule has 0 spiro atoms. The minimum atomic E-state index is -0.666. The number of non-ortho nitro benzene ring substituents is 1. The highest BCUT2D eigenvalue weighted by molar-refractivity contribution is 6.04. The molecular weight excluding hydrogens is 372 g/mol. The lowest BCUT2D eigenvalue weighted by molar-refractivity contribution is -0.393. The van der Waals surface area contributed by atoms with Crippen LogP contribution in [0.2, 0.25) is 0 Å². The summed E-state index contributed by atoms with van der Waals surface area (Å²) >= 11 is 0. The average Bonchev–Trinajstić information content (AvgIpc) is 2.88. The molecule has 1 aliphatic rings. The Morgan fingerprint density at radius 3 is 2.14 bits per heavy atom. The van der Waals surface area contributed by atoms with Gasteiger partial charge in [0.15, 0.2) is 0 Å². The smallest absolute Gasteiger partial charge is 0.271 e. The van der Waals surface area contributed by atoms with Crippen molar-refractivity contribution in [3.05, 3.63) is 109 Å². The van der Waals surface area contributed by atoms with Gasteiger partial charge < -0.3 is 0 Å². The van der Waals surface area contributed by atoms with Gasteiger partial charge in [-0.15, -0.1) is 0 Å². The van der Waals surface area contributed by atoms with Crippen molar-refractivity contribution in [2.45, 2.75) is 12.8 Å². The summed E-state index contributed by atoms with van der Waals surface area (Å²) in [6.45, 7) is 0. The number of hydrogen-bond acceptors (Lipinski definition) is 6.